The Balaban J connectivity index is 1.94. The Bertz CT molecular complexity index is 1310. The molecule has 0 fully saturated rings. The lowest BCUT2D eigenvalue weighted by atomic mass is 10.1. The van der Waals surface area contributed by atoms with Crippen molar-refractivity contribution in [3.8, 4) is 0 Å². The third-order valence-electron chi connectivity index (χ3n) is 4.37. The highest BCUT2D eigenvalue weighted by atomic mass is 32.2. The molecule has 1 aromatic carbocycles. The van der Waals surface area contributed by atoms with Crippen molar-refractivity contribution in [1.29, 1.82) is 0 Å². The molecule has 0 aliphatic rings. The Hall–Kier alpha value is -3.81. The molecule has 0 bridgehead atoms. The molecule has 0 aliphatic heterocycles. The van der Waals surface area contributed by atoms with E-state index >= 15 is 0 Å². The summed E-state index contributed by atoms with van der Waals surface area (Å²) in [5.74, 6) is -1.50. The van der Waals surface area contributed by atoms with E-state index in [0.29, 0.717) is 6.07 Å². The molecule has 14 heteroatoms. The number of primary amides is 1. The average molecular weight is 471 g/mol. The summed E-state index contributed by atoms with van der Waals surface area (Å²) >= 11 is 0. The minimum atomic E-state index is -4.96. The van der Waals surface area contributed by atoms with Crippen molar-refractivity contribution in [2.24, 2.45) is 12.8 Å². The maximum Gasteiger partial charge on any atom is 0.418 e. The lowest BCUT2D eigenvalue weighted by Gasteiger charge is -2.16. The molecule has 32 heavy (non-hydrogen) atoms. The van der Waals surface area contributed by atoms with Gasteiger partial charge in [-0.1, -0.05) is 5.16 Å². The number of nitrogens with two attached hydrogens (primary N) is 1. The number of rotatable bonds is 6. The van der Waals surface area contributed by atoms with Gasteiger partial charge in [0.25, 0.3) is 21.8 Å². The highest BCUT2D eigenvalue weighted by molar-refractivity contribution is 7.92. The molecule has 0 saturated heterocycles. The second kappa shape index (κ2) is 8.03. The molecule has 2 aromatic heterocycles. The maximum absolute atomic E-state index is 13.6. The van der Waals surface area contributed by atoms with Crippen LogP contribution in [0.15, 0.2) is 46.1 Å². The number of carbonyl (C=O) groups excluding carboxylic acids is 2. The van der Waals surface area contributed by atoms with Crippen LogP contribution in [0.3, 0.4) is 0 Å². The van der Waals surface area contributed by atoms with Gasteiger partial charge in [0.2, 0.25) is 0 Å². The number of halogens is 3. The number of alkyl halides is 3. The quantitative estimate of drug-likeness (QED) is 0.503. The van der Waals surface area contributed by atoms with Crippen LogP contribution >= 0.6 is 0 Å². The fourth-order valence-electron chi connectivity index (χ4n) is 2.79. The zero-order valence-corrected chi connectivity index (χ0v) is 17.3. The van der Waals surface area contributed by atoms with E-state index in [1.54, 1.807) is 0 Å². The largest absolute Gasteiger partial charge is 0.418 e. The summed E-state index contributed by atoms with van der Waals surface area (Å²) in [6.07, 6.45) is -2.82. The van der Waals surface area contributed by atoms with Gasteiger partial charge in [0.1, 0.15) is 21.9 Å². The maximum atomic E-state index is 13.6. The fourth-order valence-corrected chi connectivity index (χ4v) is 3.94. The first kappa shape index (κ1) is 22.9. The van der Waals surface area contributed by atoms with Crippen molar-refractivity contribution in [2.75, 3.05) is 10.0 Å². The van der Waals surface area contributed by atoms with Gasteiger partial charge >= 0.3 is 6.18 Å². The van der Waals surface area contributed by atoms with E-state index in [0.717, 1.165) is 35.2 Å². The fraction of sp³-hybridized carbons (Fsp3) is 0.167. The van der Waals surface area contributed by atoms with Crippen LogP contribution in [-0.2, 0) is 23.2 Å². The molecule has 0 radical (unpaired) electrons. The number of amides is 2. The monoisotopic (exact) mass is 471 g/mol. The summed E-state index contributed by atoms with van der Waals surface area (Å²) in [7, 11) is -3.14. The molecule has 0 unspecified atom stereocenters. The summed E-state index contributed by atoms with van der Waals surface area (Å²) < 4.78 is 73.8. The van der Waals surface area contributed by atoms with Crippen molar-refractivity contribution in [3.05, 3.63) is 59.2 Å². The molecule has 0 atom stereocenters. The zero-order chi connectivity index (χ0) is 23.8. The van der Waals surface area contributed by atoms with Crippen LogP contribution < -0.4 is 15.8 Å². The summed E-state index contributed by atoms with van der Waals surface area (Å²) in [6.45, 7) is 1.45. The van der Waals surface area contributed by atoms with E-state index in [1.165, 1.54) is 14.0 Å². The van der Waals surface area contributed by atoms with Gasteiger partial charge in [-0.05, 0) is 31.2 Å². The van der Waals surface area contributed by atoms with Gasteiger partial charge in [-0.25, -0.2) is 8.42 Å². The van der Waals surface area contributed by atoms with Crippen LogP contribution in [0.25, 0.3) is 0 Å². The Morgan fingerprint density at radius 2 is 1.91 bits per heavy atom. The summed E-state index contributed by atoms with van der Waals surface area (Å²) in [4.78, 5) is 23.1. The lowest BCUT2D eigenvalue weighted by Crippen LogP contribution is -2.18. The number of nitrogens with one attached hydrogen (secondary N) is 2. The van der Waals surface area contributed by atoms with E-state index in [9.17, 15) is 31.2 Å². The highest BCUT2D eigenvalue weighted by Crippen LogP contribution is 2.37. The minimum Gasteiger partial charge on any atom is -0.364 e. The molecule has 0 saturated carbocycles. The number of anilines is 2. The Labute approximate surface area is 179 Å². The molecule has 4 N–H and O–H groups in total. The van der Waals surface area contributed by atoms with Gasteiger partial charge in [-0.2, -0.15) is 13.2 Å². The van der Waals surface area contributed by atoms with E-state index in [4.69, 9.17) is 10.3 Å². The minimum absolute atomic E-state index is 0.0256. The van der Waals surface area contributed by atoms with Crippen LogP contribution in [0.5, 0.6) is 0 Å². The lowest BCUT2D eigenvalue weighted by molar-refractivity contribution is -0.136. The average Bonchev–Trinajstić information content (AvgIpc) is 3.28. The number of benzene rings is 1. The third kappa shape index (κ3) is 4.59. The second-order valence-electron chi connectivity index (χ2n) is 6.65. The Morgan fingerprint density at radius 1 is 1.22 bits per heavy atom. The molecule has 3 aromatic rings. The van der Waals surface area contributed by atoms with Gasteiger partial charge in [0.15, 0.2) is 0 Å². The molecular formula is C18H16F3N5O5S. The number of aryl methyl sites for hydroxylation is 2. The van der Waals surface area contributed by atoms with Crippen molar-refractivity contribution in [3.63, 3.8) is 0 Å². The van der Waals surface area contributed by atoms with Crippen LogP contribution in [-0.4, -0.2) is 30.0 Å². The van der Waals surface area contributed by atoms with Crippen molar-refractivity contribution in [2.45, 2.75) is 18.0 Å². The summed E-state index contributed by atoms with van der Waals surface area (Å²) in [6, 6.07) is 3.47. The van der Waals surface area contributed by atoms with Crippen LogP contribution in [0, 0.1) is 6.92 Å². The van der Waals surface area contributed by atoms with Crippen LogP contribution in [0.4, 0.5) is 24.5 Å². The molecular weight excluding hydrogens is 455 g/mol. The van der Waals surface area contributed by atoms with E-state index < -0.39 is 44.2 Å². The summed E-state index contributed by atoms with van der Waals surface area (Å²) in [5.41, 5.74) is 2.66. The van der Waals surface area contributed by atoms with Gasteiger partial charge in [-0.3, -0.25) is 14.3 Å². The Kier molecular flexibility index (Phi) is 5.74. The predicted molar refractivity (Wildman–Crippen MR) is 105 cm³/mol. The smallest absolute Gasteiger partial charge is 0.364 e. The first-order chi connectivity index (χ1) is 14.8. The molecule has 0 aliphatic carbocycles. The van der Waals surface area contributed by atoms with E-state index in [2.05, 4.69) is 10.5 Å². The molecule has 2 amide bonds. The number of hydrogen-bond acceptors (Lipinski definition) is 6. The normalized spacial score (nSPS) is 11.9. The van der Waals surface area contributed by atoms with Crippen LogP contribution in [0.2, 0.25) is 0 Å². The van der Waals surface area contributed by atoms with Gasteiger partial charge < -0.3 is 20.1 Å². The van der Waals surface area contributed by atoms with Gasteiger partial charge in [0.05, 0.1) is 17.4 Å². The van der Waals surface area contributed by atoms with Crippen molar-refractivity contribution >= 4 is 33.2 Å². The third-order valence-corrected chi connectivity index (χ3v) is 5.70. The van der Waals surface area contributed by atoms with Crippen LogP contribution in [0.1, 0.15) is 32.2 Å². The first-order valence-electron chi connectivity index (χ1n) is 8.72. The highest BCUT2D eigenvalue weighted by Gasteiger charge is 2.35. The van der Waals surface area contributed by atoms with Crippen molar-refractivity contribution in [1.82, 2.24) is 9.72 Å². The first-order valence-corrected chi connectivity index (χ1v) is 10.2. The summed E-state index contributed by atoms with van der Waals surface area (Å²) in [5, 5.41) is 5.69. The Morgan fingerprint density at radius 3 is 2.44 bits per heavy atom. The number of sulfonamides is 1. The predicted octanol–water partition coefficient (Wildman–Crippen LogP) is 2.49. The van der Waals surface area contributed by atoms with E-state index in [-0.39, 0.29) is 22.7 Å². The number of hydrogen-bond donors (Lipinski definition) is 3. The number of carbonyl (C=O) groups is 2. The SMILES string of the molecule is Cc1oncc1C(=O)Nc1ccc(NS(=O)(=O)c2cc(C(N)=O)n(C)c2)c(C(F)(F)F)c1. The number of aromatic nitrogens is 2. The van der Waals surface area contributed by atoms with E-state index in [1.807, 2.05) is 4.72 Å². The topological polar surface area (TPSA) is 149 Å². The zero-order valence-electron chi connectivity index (χ0n) is 16.5. The van der Waals surface area contributed by atoms with Crippen molar-refractivity contribution < 1.29 is 35.7 Å². The molecule has 170 valence electrons. The molecule has 10 nitrogen and oxygen atoms in total. The molecule has 0 spiro atoms. The second-order valence-corrected chi connectivity index (χ2v) is 8.33. The number of nitrogens with zero attached hydrogens (tertiary/aromatic N) is 2. The molecule has 2 heterocycles. The van der Waals surface area contributed by atoms with Gasteiger partial charge in [-0.15, -0.1) is 0 Å². The van der Waals surface area contributed by atoms with Gasteiger partial charge in [0, 0.05) is 18.9 Å². The standard InChI is InChI=1S/C18H16F3N5O5S/c1-9-12(7-23-31-9)17(28)24-10-3-4-14(13(5-10)18(19,20)21)25-32(29,30)11-6-15(16(22)27)26(2)8-11/h3-8,25H,1-2H3,(H2,22,27)(H,24,28). The molecule has 3 rings (SSSR count).